The van der Waals surface area contributed by atoms with E-state index in [2.05, 4.69) is 5.32 Å². The standard InChI is InChI=1S/C15H14F2N2O2/c1-21-8-9-4-2-3-5-13(9)19-15(20)10-6-11(16)14(18)12(17)7-10/h2-7H,8,18H2,1H3,(H,19,20). The summed E-state index contributed by atoms with van der Waals surface area (Å²) < 4.78 is 31.8. The maximum absolute atomic E-state index is 13.4. The molecule has 110 valence electrons. The van der Waals surface area contributed by atoms with E-state index in [1.54, 1.807) is 24.3 Å². The molecular formula is C15H14F2N2O2. The molecule has 21 heavy (non-hydrogen) atoms. The monoisotopic (exact) mass is 292 g/mol. The molecule has 2 aromatic carbocycles. The SMILES string of the molecule is COCc1ccccc1NC(=O)c1cc(F)c(N)c(F)c1. The summed E-state index contributed by atoms with van der Waals surface area (Å²) in [5.41, 5.74) is 5.69. The Labute approximate surface area is 120 Å². The molecular weight excluding hydrogens is 278 g/mol. The summed E-state index contributed by atoms with van der Waals surface area (Å²) >= 11 is 0. The number of methoxy groups -OCH3 is 1. The molecule has 0 saturated carbocycles. The van der Waals surface area contributed by atoms with Gasteiger partial charge >= 0.3 is 0 Å². The maximum Gasteiger partial charge on any atom is 0.255 e. The van der Waals surface area contributed by atoms with Gasteiger partial charge in [-0.25, -0.2) is 8.78 Å². The van der Waals surface area contributed by atoms with E-state index < -0.39 is 23.2 Å². The fraction of sp³-hybridized carbons (Fsp3) is 0.133. The number of nitrogens with two attached hydrogens (primary N) is 1. The molecule has 3 N–H and O–H groups in total. The number of rotatable bonds is 4. The van der Waals surface area contributed by atoms with Gasteiger partial charge in [0.2, 0.25) is 0 Å². The number of anilines is 2. The molecule has 6 heteroatoms. The average Bonchev–Trinajstić information content (AvgIpc) is 2.46. The van der Waals surface area contributed by atoms with Crippen LogP contribution in [0.2, 0.25) is 0 Å². The molecule has 0 spiro atoms. The van der Waals surface area contributed by atoms with E-state index in [1.165, 1.54) is 7.11 Å². The topological polar surface area (TPSA) is 64.3 Å². The third-order valence-electron chi connectivity index (χ3n) is 2.91. The van der Waals surface area contributed by atoms with Gasteiger partial charge in [0.1, 0.15) is 17.3 Å². The van der Waals surface area contributed by atoms with Crippen LogP contribution in [0.25, 0.3) is 0 Å². The quantitative estimate of drug-likeness (QED) is 0.852. The van der Waals surface area contributed by atoms with Gasteiger partial charge in [-0.2, -0.15) is 0 Å². The minimum absolute atomic E-state index is 0.147. The van der Waals surface area contributed by atoms with Crippen molar-refractivity contribution < 1.29 is 18.3 Å². The van der Waals surface area contributed by atoms with Crippen LogP contribution in [0.5, 0.6) is 0 Å². The molecule has 0 heterocycles. The molecule has 0 fully saturated rings. The Balaban J connectivity index is 2.26. The van der Waals surface area contributed by atoms with Crippen LogP contribution in [-0.4, -0.2) is 13.0 Å². The van der Waals surface area contributed by atoms with Crippen LogP contribution < -0.4 is 11.1 Å². The molecule has 0 aliphatic rings. The van der Waals surface area contributed by atoms with Crippen LogP contribution >= 0.6 is 0 Å². The van der Waals surface area contributed by atoms with Gasteiger partial charge in [-0.3, -0.25) is 4.79 Å². The summed E-state index contributed by atoms with van der Waals surface area (Å²) in [6, 6.07) is 8.78. The van der Waals surface area contributed by atoms with Gasteiger partial charge in [0, 0.05) is 23.9 Å². The first-order valence-corrected chi connectivity index (χ1v) is 6.15. The van der Waals surface area contributed by atoms with Gasteiger partial charge < -0.3 is 15.8 Å². The number of hydrogen-bond donors (Lipinski definition) is 2. The van der Waals surface area contributed by atoms with Gasteiger partial charge in [-0.05, 0) is 18.2 Å². The minimum atomic E-state index is -0.967. The van der Waals surface area contributed by atoms with E-state index in [0.29, 0.717) is 12.3 Å². The summed E-state index contributed by atoms with van der Waals surface area (Å²) in [4.78, 5) is 12.1. The van der Waals surface area contributed by atoms with Gasteiger partial charge in [0.25, 0.3) is 5.91 Å². The molecule has 0 aromatic heterocycles. The fourth-order valence-corrected chi connectivity index (χ4v) is 1.83. The van der Waals surface area contributed by atoms with Crippen molar-refractivity contribution in [1.82, 2.24) is 0 Å². The molecule has 1 amide bonds. The molecule has 2 rings (SSSR count). The third-order valence-corrected chi connectivity index (χ3v) is 2.91. The van der Waals surface area contributed by atoms with Gasteiger partial charge in [-0.15, -0.1) is 0 Å². The van der Waals surface area contributed by atoms with Crippen molar-refractivity contribution in [3.05, 3.63) is 59.2 Å². The smallest absolute Gasteiger partial charge is 0.255 e. The van der Waals surface area contributed by atoms with Gasteiger partial charge in [0.05, 0.1) is 6.61 Å². The van der Waals surface area contributed by atoms with E-state index in [0.717, 1.165) is 17.7 Å². The van der Waals surface area contributed by atoms with Crippen molar-refractivity contribution in [2.75, 3.05) is 18.2 Å². The second kappa shape index (κ2) is 6.32. The van der Waals surface area contributed by atoms with E-state index in [4.69, 9.17) is 10.5 Å². The van der Waals surface area contributed by atoms with E-state index in [-0.39, 0.29) is 5.56 Å². The first-order chi connectivity index (χ1) is 10.0. The number of benzene rings is 2. The predicted octanol–water partition coefficient (Wildman–Crippen LogP) is 2.95. The normalized spacial score (nSPS) is 10.4. The van der Waals surface area contributed by atoms with Crippen molar-refractivity contribution in [3.8, 4) is 0 Å². The largest absolute Gasteiger partial charge is 0.394 e. The Morgan fingerprint density at radius 3 is 2.48 bits per heavy atom. The summed E-state index contributed by atoms with van der Waals surface area (Å²) in [7, 11) is 1.53. The lowest BCUT2D eigenvalue weighted by Gasteiger charge is -2.11. The number of carbonyl (C=O) groups excluding carboxylic acids is 1. The highest BCUT2D eigenvalue weighted by Gasteiger charge is 2.14. The van der Waals surface area contributed by atoms with E-state index in [9.17, 15) is 13.6 Å². The number of para-hydroxylation sites is 1. The number of nitrogen functional groups attached to an aromatic ring is 1. The third kappa shape index (κ3) is 3.35. The zero-order valence-electron chi connectivity index (χ0n) is 11.3. The highest BCUT2D eigenvalue weighted by Crippen LogP contribution is 2.20. The zero-order valence-corrected chi connectivity index (χ0v) is 11.3. The molecule has 0 saturated heterocycles. The molecule has 4 nitrogen and oxygen atoms in total. The Morgan fingerprint density at radius 1 is 1.24 bits per heavy atom. The summed E-state index contributed by atoms with van der Waals surface area (Å²) in [6.45, 7) is 0.306. The molecule has 0 aliphatic carbocycles. The van der Waals surface area contributed by atoms with Gasteiger partial charge in [-0.1, -0.05) is 18.2 Å². The summed E-state index contributed by atoms with van der Waals surface area (Å²) in [6.07, 6.45) is 0. The lowest BCUT2D eigenvalue weighted by Crippen LogP contribution is -2.14. The zero-order chi connectivity index (χ0) is 15.4. The highest BCUT2D eigenvalue weighted by atomic mass is 19.1. The lowest BCUT2D eigenvalue weighted by atomic mass is 10.1. The molecule has 0 aliphatic heterocycles. The highest BCUT2D eigenvalue weighted by molar-refractivity contribution is 6.04. The van der Waals surface area contributed by atoms with Crippen molar-refractivity contribution in [2.45, 2.75) is 6.61 Å². The van der Waals surface area contributed by atoms with Crippen LogP contribution in [0.3, 0.4) is 0 Å². The Morgan fingerprint density at radius 2 is 1.86 bits per heavy atom. The van der Waals surface area contributed by atoms with Crippen LogP contribution in [0.4, 0.5) is 20.2 Å². The number of ether oxygens (including phenoxy) is 1. The van der Waals surface area contributed by atoms with Crippen LogP contribution in [0.1, 0.15) is 15.9 Å². The van der Waals surface area contributed by atoms with Crippen molar-refractivity contribution >= 4 is 17.3 Å². The lowest BCUT2D eigenvalue weighted by molar-refractivity contribution is 0.102. The fourth-order valence-electron chi connectivity index (χ4n) is 1.83. The Hall–Kier alpha value is -2.47. The Kier molecular flexibility index (Phi) is 4.49. The molecule has 0 radical (unpaired) electrons. The van der Waals surface area contributed by atoms with E-state index >= 15 is 0 Å². The average molecular weight is 292 g/mol. The van der Waals surface area contributed by atoms with Crippen molar-refractivity contribution in [3.63, 3.8) is 0 Å². The molecule has 0 unspecified atom stereocenters. The number of nitrogens with one attached hydrogen (secondary N) is 1. The van der Waals surface area contributed by atoms with Crippen LogP contribution in [-0.2, 0) is 11.3 Å². The first kappa shape index (κ1) is 14.9. The molecule has 0 atom stereocenters. The summed E-state index contributed by atoms with van der Waals surface area (Å²) in [5, 5.41) is 2.59. The first-order valence-electron chi connectivity index (χ1n) is 6.15. The summed E-state index contributed by atoms with van der Waals surface area (Å²) in [5.74, 6) is -2.56. The van der Waals surface area contributed by atoms with Crippen LogP contribution in [0, 0.1) is 11.6 Å². The Bertz CT molecular complexity index is 651. The van der Waals surface area contributed by atoms with Crippen molar-refractivity contribution in [1.29, 1.82) is 0 Å². The van der Waals surface area contributed by atoms with E-state index in [1.807, 2.05) is 0 Å². The second-order valence-corrected chi connectivity index (χ2v) is 4.40. The maximum atomic E-state index is 13.4. The van der Waals surface area contributed by atoms with Crippen molar-refractivity contribution in [2.24, 2.45) is 0 Å². The number of hydrogen-bond acceptors (Lipinski definition) is 3. The van der Waals surface area contributed by atoms with Crippen LogP contribution in [0.15, 0.2) is 36.4 Å². The van der Waals surface area contributed by atoms with Gasteiger partial charge in [0.15, 0.2) is 0 Å². The number of halogens is 2. The predicted molar refractivity (Wildman–Crippen MR) is 75.9 cm³/mol. The number of carbonyl (C=O) groups is 1. The number of amides is 1. The minimum Gasteiger partial charge on any atom is -0.394 e. The second-order valence-electron chi connectivity index (χ2n) is 4.40. The molecule has 2 aromatic rings. The molecule has 0 bridgehead atoms.